The molecular formula is C16H15FO2. The lowest BCUT2D eigenvalue weighted by molar-refractivity contribution is 0.103. The number of aryl methyl sites for hydroxylation is 1. The van der Waals surface area contributed by atoms with E-state index in [1.54, 1.807) is 37.3 Å². The van der Waals surface area contributed by atoms with Crippen LogP contribution in [0.3, 0.4) is 0 Å². The summed E-state index contributed by atoms with van der Waals surface area (Å²) in [7, 11) is 0. The Morgan fingerprint density at radius 1 is 1.16 bits per heavy atom. The van der Waals surface area contributed by atoms with Crippen molar-refractivity contribution in [1.29, 1.82) is 0 Å². The van der Waals surface area contributed by atoms with E-state index in [9.17, 15) is 9.18 Å². The first-order valence-corrected chi connectivity index (χ1v) is 6.15. The highest BCUT2D eigenvalue weighted by molar-refractivity contribution is 6.09. The van der Waals surface area contributed by atoms with Crippen LogP contribution in [0.4, 0.5) is 4.39 Å². The summed E-state index contributed by atoms with van der Waals surface area (Å²) in [5.74, 6) is 0.219. The van der Waals surface area contributed by atoms with Gasteiger partial charge >= 0.3 is 0 Å². The van der Waals surface area contributed by atoms with Crippen molar-refractivity contribution in [3.05, 3.63) is 65.0 Å². The fourth-order valence-electron chi connectivity index (χ4n) is 1.85. The predicted octanol–water partition coefficient (Wildman–Crippen LogP) is 3.76. The quantitative estimate of drug-likeness (QED) is 0.780. The Hall–Kier alpha value is -2.16. The molecule has 0 heterocycles. The van der Waals surface area contributed by atoms with Gasteiger partial charge in [-0.05, 0) is 49.7 Å². The molecular weight excluding hydrogens is 243 g/mol. The van der Waals surface area contributed by atoms with Crippen molar-refractivity contribution in [2.75, 3.05) is 6.61 Å². The van der Waals surface area contributed by atoms with Gasteiger partial charge in [-0.15, -0.1) is 0 Å². The van der Waals surface area contributed by atoms with Gasteiger partial charge in [0.25, 0.3) is 0 Å². The maximum absolute atomic E-state index is 13.2. The van der Waals surface area contributed by atoms with E-state index in [4.69, 9.17) is 4.74 Å². The van der Waals surface area contributed by atoms with E-state index < -0.39 is 0 Å². The average molecular weight is 258 g/mol. The Bertz CT molecular complexity index is 605. The smallest absolute Gasteiger partial charge is 0.193 e. The van der Waals surface area contributed by atoms with E-state index in [0.717, 1.165) is 0 Å². The van der Waals surface area contributed by atoms with E-state index >= 15 is 0 Å². The second kappa shape index (κ2) is 5.65. The Kier molecular flexibility index (Phi) is 3.95. The lowest BCUT2D eigenvalue weighted by atomic mass is 10.0. The zero-order valence-electron chi connectivity index (χ0n) is 10.9. The molecule has 2 aromatic carbocycles. The first-order valence-electron chi connectivity index (χ1n) is 6.15. The molecule has 0 aliphatic heterocycles. The largest absolute Gasteiger partial charge is 0.494 e. The minimum Gasteiger partial charge on any atom is -0.494 e. The van der Waals surface area contributed by atoms with Gasteiger partial charge in [0, 0.05) is 11.1 Å². The Balaban J connectivity index is 2.32. The van der Waals surface area contributed by atoms with Crippen molar-refractivity contribution in [1.82, 2.24) is 0 Å². The molecule has 98 valence electrons. The summed E-state index contributed by atoms with van der Waals surface area (Å²) in [5.41, 5.74) is 1.48. The van der Waals surface area contributed by atoms with Crippen molar-refractivity contribution >= 4 is 5.78 Å². The van der Waals surface area contributed by atoms with E-state index in [1.165, 1.54) is 12.1 Å². The fourth-order valence-corrected chi connectivity index (χ4v) is 1.85. The normalized spacial score (nSPS) is 10.3. The van der Waals surface area contributed by atoms with Gasteiger partial charge in [0.05, 0.1) is 6.61 Å². The third-order valence-corrected chi connectivity index (χ3v) is 2.83. The van der Waals surface area contributed by atoms with E-state index in [-0.39, 0.29) is 11.6 Å². The van der Waals surface area contributed by atoms with Gasteiger partial charge in [-0.2, -0.15) is 0 Å². The van der Waals surface area contributed by atoms with Gasteiger partial charge in [-0.1, -0.05) is 12.1 Å². The van der Waals surface area contributed by atoms with Gasteiger partial charge < -0.3 is 4.74 Å². The molecule has 2 nitrogen and oxygen atoms in total. The average Bonchev–Trinajstić information content (AvgIpc) is 2.42. The van der Waals surface area contributed by atoms with Crippen LogP contribution < -0.4 is 4.74 Å². The highest BCUT2D eigenvalue weighted by Gasteiger charge is 2.11. The number of halogens is 1. The van der Waals surface area contributed by atoms with Crippen LogP contribution >= 0.6 is 0 Å². The molecule has 0 atom stereocenters. The third-order valence-electron chi connectivity index (χ3n) is 2.83. The van der Waals surface area contributed by atoms with Crippen LogP contribution in [0.25, 0.3) is 0 Å². The molecule has 0 N–H and O–H groups in total. The van der Waals surface area contributed by atoms with E-state index in [0.29, 0.717) is 29.0 Å². The van der Waals surface area contributed by atoms with Gasteiger partial charge in [0.1, 0.15) is 11.6 Å². The number of carbonyl (C=O) groups is 1. The number of rotatable bonds is 4. The van der Waals surface area contributed by atoms with Crippen molar-refractivity contribution in [3.63, 3.8) is 0 Å². The number of benzene rings is 2. The van der Waals surface area contributed by atoms with Crippen molar-refractivity contribution < 1.29 is 13.9 Å². The monoisotopic (exact) mass is 258 g/mol. The maximum atomic E-state index is 13.2. The third kappa shape index (κ3) is 2.99. The summed E-state index contributed by atoms with van der Waals surface area (Å²) in [6, 6.07) is 11.4. The topological polar surface area (TPSA) is 26.3 Å². The SMILES string of the molecule is CCOc1cccc(C(=O)c2ccc(F)c(C)c2)c1. The fraction of sp³-hybridized carbons (Fsp3) is 0.188. The molecule has 19 heavy (non-hydrogen) atoms. The molecule has 0 radical (unpaired) electrons. The Morgan fingerprint density at radius 2 is 1.89 bits per heavy atom. The Morgan fingerprint density at radius 3 is 2.58 bits per heavy atom. The van der Waals surface area contributed by atoms with Gasteiger partial charge in [0.2, 0.25) is 0 Å². The molecule has 0 fully saturated rings. The van der Waals surface area contributed by atoms with Crippen LogP contribution in [0, 0.1) is 12.7 Å². The summed E-state index contributed by atoms with van der Waals surface area (Å²) < 4.78 is 18.6. The molecule has 3 heteroatoms. The summed E-state index contributed by atoms with van der Waals surface area (Å²) >= 11 is 0. The molecule has 0 unspecified atom stereocenters. The van der Waals surface area contributed by atoms with Crippen molar-refractivity contribution in [2.45, 2.75) is 13.8 Å². The predicted molar refractivity (Wildman–Crippen MR) is 72.2 cm³/mol. The van der Waals surface area contributed by atoms with Crippen LogP contribution in [-0.4, -0.2) is 12.4 Å². The van der Waals surface area contributed by atoms with Crippen LogP contribution in [0.2, 0.25) is 0 Å². The summed E-state index contributed by atoms with van der Waals surface area (Å²) in [4.78, 5) is 12.3. The first kappa shape index (κ1) is 13.3. The molecule has 0 spiro atoms. The summed E-state index contributed by atoms with van der Waals surface area (Å²) in [5, 5.41) is 0. The Labute approximate surface area is 111 Å². The molecule has 0 amide bonds. The van der Waals surface area contributed by atoms with Crippen LogP contribution in [0.5, 0.6) is 5.75 Å². The van der Waals surface area contributed by atoms with E-state index in [2.05, 4.69) is 0 Å². The van der Waals surface area contributed by atoms with Gasteiger partial charge in [-0.25, -0.2) is 4.39 Å². The highest BCUT2D eigenvalue weighted by atomic mass is 19.1. The minimum atomic E-state index is -0.306. The zero-order valence-corrected chi connectivity index (χ0v) is 10.9. The van der Waals surface area contributed by atoms with E-state index in [1.807, 2.05) is 6.92 Å². The number of carbonyl (C=O) groups excluding carboxylic acids is 1. The second-order valence-corrected chi connectivity index (χ2v) is 4.25. The minimum absolute atomic E-state index is 0.135. The first-order chi connectivity index (χ1) is 9.11. The summed E-state index contributed by atoms with van der Waals surface area (Å²) in [6.07, 6.45) is 0. The molecule has 0 aliphatic rings. The number of hydrogen-bond donors (Lipinski definition) is 0. The van der Waals surface area contributed by atoms with Gasteiger partial charge in [0.15, 0.2) is 5.78 Å². The van der Waals surface area contributed by atoms with Crippen molar-refractivity contribution in [2.24, 2.45) is 0 Å². The summed E-state index contributed by atoms with van der Waals surface area (Å²) in [6.45, 7) is 4.08. The molecule has 0 saturated heterocycles. The second-order valence-electron chi connectivity index (χ2n) is 4.25. The number of hydrogen-bond acceptors (Lipinski definition) is 2. The molecule has 0 aliphatic carbocycles. The maximum Gasteiger partial charge on any atom is 0.193 e. The van der Waals surface area contributed by atoms with Crippen molar-refractivity contribution in [3.8, 4) is 5.75 Å². The zero-order chi connectivity index (χ0) is 13.8. The standard InChI is InChI=1S/C16H15FO2/c1-3-19-14-6-4-5-12(10-14)16(18)13-7-8-15(17)11(2)9-13/h4-10H,3H2,1-2H3. The molecule has 2 rings (SSSR count). The molecule has 0 bridgehead atoms. The molecule has 0 aromatic heterocycles. The number of ketones is 1. The molecule has 2 aromatic rings. The van der Waals surface area contributed by atoms with Crippen LogP contribution in [0.15, 0.2) is 42.5 Å². The highest BCUT2D eigenvalue weighted by Crippen LogP contribution is 2.18. The lowest BCUT2D eigenvalue weighted by Crippen LogP contribution is -2.03. The van der Waals surface area contributed by atoms with Gasteiger partial charge in [-0.3, -0.25) is 4.79 Å². The van der Waals surface area contributed by atoms with Crippen LogP contribution in [-0.2, 0) is 0 Å². The lowest BCUT2D eigenvalue weighted by Gasteiger charge is -2.06. The number of ether oxygens (including phenoxy) is 1. The molecule has 0 saturated carbocycles. The van der Waals surface area contributed by atoms with Crippen LogP contribution in [0.1, 0.15) is 28.4 Å².